The second kappa shape index (κ2) is 17.8. The molecule has 0 aromatic heterocycles. The van der Waals surface area contributed by atoms with Crippen LogP contribution in [0.1, 0.15) is 100.0 Å². The molecule has 13 nitrogen and oxygen atoms in total. The lowest BCUT2D eigenvalue weighted by atomic mass is 9.38. The van der Waals surface area contributed by atoms with Gasteiger partial charge in [-0.2, -0.15) is 0 Å². The monoisotopic (exact) mass is 794 g/mol. The number of fused-ring (bicyclic) bond motifs is 2. The summed E-state index contributed by atoms with van der Waals surface area (Å²) in [5.74, 6) is -8.67. The number of Topliss-reactive ketones (excluding diaryl/α,β-unsaturated/α-hetero) is 3. The fourth-order valence-corrected chi connectivity index (χ4v) is 7.99. The number of phenols is 1. The Morgan fingerprint density at radius 2 is 1.42 bits per heavy atom. The Morgan fingerprint density at radius 3 is 1.93 bits per heavy atom. The van der Waals surface area contributed by atoms with E-state index < -0.39 is 92.8 Å². The minimum absolute atomic E-state index is 0.0324. The van der Waals surface area contributed by atoms with Gasteiger partial charge in [-0.05, 0) is 116 Å². The van der Waals surface area contributed by atoms with Crippen molar-refractivity contribution in [3.05, 3.63) is 76.4 Å². The van der Waals surface area contributed by atoms with Crippen molar-refractivity contribution in [2.75, 3.05) is 0 Å². The number of carboxylic acid groups (broad SMARTS) is 1. The van der Waals surface area contributed by atoms with E-state index in [-0.39, 0.29) is 36.7 Å². The first-order valence-corrected chi connectivity index (χ1v) is 18.9. The van der Waals surface area contributed by atoms with Gasteiger partial charge < -0.3 is 40.5 Å². The van der Waals surface area contributed by atoms with Gasteiger partial charge in [0.05, 0.1) is 5.41 Å². The van der Waals surface area contributed by atoms with Crippen LogP contribution < -0.4 is 4.74 Å². The average Bonchev–Trinajstić information content (AvgIpc) is 3.12. The molecule has 57 heavy (non-hydrogen) atoms. The maximum Gasteiger partial charge on any atom is 0.343 e. The Balaban J connectivity index is 2.28. The maximum absolute atomic E-state index is 15.4. The number of carbonyl (C=O) groups is 5. The molecule has 1 aromatic carbocycles. The number of carboxylic acids is 1. The largest absolute Gasteiger partial charge is 0.506 e. The molecule has 0 amide bonds. The molecule has 2 saturated carbocycles. The minimum Gasteiger partial charge on any atom is -0.506 e. The van der Waals surface area contributed by atoms with Crippen LogP contribution in [0.15, 0.2) is 70.9 Å². The van der Waals surface area contributed by atoms with Crippen LogP contribution in [-0.4, -0.2) is 89.4 Å². The van der Waals surface area contributed by atoms with E-state index in [4.69, 9.17) is 9.84 Å². The summed E-state index contributed by atoms with van der Waals surface area (Å²) in [6, 6.07) is 2.98. The number of ketones is 3. The van der Waals surface area contributed by atoms with Crippen molar-refractivity contribution in [2.24, 2.45) is 28.1 Å². The molecule has 2 aliphatic carbocycles. The standard InChI is InChI=1S/C44H58O13/c1-22(2)11-13-27(25(7)8)20-43-21-28(15-12-23(3)4)42(9,10)44(41(43)56,18-17-24(5)6)38(52)31(37(43)51)32(46)26-14-16-30(29(45)19-26)57-40(55)36(50)34(48)33(47)35(49)39(53)54/h11-12,14,16-17,19,27-28,33-36,45-50H,7,13,15,18,20-21H2,1-6,8-10H3,(H,53,54)/t27-,28-,33-,34-,35+,36-,43-,44-/m0/s1. The first-order valence-electron chi connectivity index (χ1n) is 18.9. The first-order chi connectivity index (χ1) is 26.3. The summed E-state index contributed by atoms with van der Waals surface area (Å²) >= 11 is 0. The molecular weight excluding hydrogens is 736 g/mol. The number of esters is 1. The topological polar surface area (TPSA) is 236 Å². The zero-order valence-corrected chi connectivity index (χ0v) is 34.3. The van der Waals surface area contributed by atoms with Crippen molar-refractivity contribution in [3.8, 4) is 11.5 Å². The van der Waals surface area contributed by atoms with Crippen LogP contribution in [0, 0.1) is 28.1 Å². The van der Waals surface area contributed by atoms with Gasteiger partial charge in [0.1, 0.15) is 29.0 Å². The van der Waals surface area contributed by atoms with Gasteiger partial charge in [0, 0.05) is 5.56 Å². The van der Waals surface area contributed by atoms with Crippen molar-refractivity contribution in [1.29, 1.82) is 0 Å². The molecule has 1 aromatic rings. The summed E-state index contributed by atoms with van der Waals surface area (Å²) in [5.41, 5.74) is -1.74. The number of aliphatic hydroxyl groups is 5. The van der Waals surface area contributed by atoms with E-state index in [1.807, 2.05) is 74.5 Å². The number of ether oxygens (including phenoxy) is 1. The second-order valence-corrected chi connectivity index (χ2v) is 16.9. The molecule has 0 aliphatic heterocycles. The molecular formula is C44H58O13. The SMILES string of the molecule is C=C(C)[C@@H](CC=C(C)C)C[C@]12C[C@H](CC=C(C)C)C(C)(C)[C@@](CC=C(C)C)(C(=O)C(=C(O)c3ccc(OC(=O)[C@@H](O)[C@@H](O)[C@H](O)[C@@H](O)C(=O)O)c(O)c3)C1=O)C2=O. The highest BCUT2D eigenvalue weighted by Crippen LogP contribution is 2.66. The maximum atomic E-state index is 15.4. The van der Waals surface area contributed by atoms with Gasteiger partial charge in [-0.1, -0.05) is 60.9 Å². The molecule has 2 fully saturated rings. The van der Waals surface area contributed by atoms with Gasteiger partial charge in [-0.15, -0.1) is 0 Å². The van der Waals surface area contributed by atoms with Crippen molar-refractivity contribution in [3.63, 3.8) is 0 Å². The van der Waals surface area contributed by atoms with E-state index >= 15 is 14.4 Å². The van der Waals surface area contributed by atoms with Crippen molar-refractivity contribution in [2.45, 2.75) is 119 Å². The lowest BCUT2D eigenvalue weighted by Crippen LogP contribution is -2.69. The summed E-state index contributed by atoms with van der Waals surface area (Å²) in [4.78, 5) is 69.2. The van der Waals surface area contributed by atoms with Gasteiger partial charge >= 0.3 is 11.9 Å². The fourth-order valence-electron chi connectivity index (χ4n) is 7.99. The van der Waals surface area contributed by atoms with E-state index in [1.165, 1.54) is 0 Å². The molecule has 312 valence electrons. The third-order valence-corrected chi connectivity index (χ3v) is 11.7. The quantitative estimate of drug-likeness (QED) is 0.0209. The van der Waals surface area contributed by atoms with Gasteiger partial charge in [0.25, 0.3) is 0 Å². The zero-order valence-electron chi connectivity index (χ0n) is 34.3. The number of hydrogen-bond acceptors (Lipinski definition) is 12. The van der Waals surface area contributed by atoms with Crippen molar-refractivity contribution >= 4 is 35.0 Å². The predicted molar refractivity (Wildman–Crippen MR) is 212 cm³/mol. The first kappa shape index (κ1) is 46.7. The number of aliphatic hydroxyl groups excluding tert-OH is 5. The molecule has 0 radical (unpaired) electrons. The van der Waals surface area contributed by atoms with Gasteiger partial charge in [0.15, 0.2) is 41.1 Å². The second-order valence-electron chi connectivity index (χ2n) is 16.9. The highest BCUT2D eigenvalue weighted by atomic mass is 16.6. The lowest BCUT2D eigenvalue weighted by molar-refractivity contribution is -0.177. The van der Waals surface area contributed by atoms with Crippen LogP contribution >= 0.6 is 0 Å². The molecule has 2 bridgehead atoms. The number of aliphatic carboxylic acids is 1. The van der Waals surface area contributed by atoms with Gasteiger partial charge in [0.2, 0.25) is 0 Å². The molecule has 8 atom stereocenters. The molecule has 0 saturated heterocycles. The van der Waals surface area contributed by atoms with Crippen molar-refractivity contribution in [1.82, 2.24) is 0 Å². The Kier molecular flexibility index (Phi) is 14.6. The van der Waals surface area contributed by atoms with Crippen LogP contribution in [0.2, 0.25) is 0 Å². The molecule has 7 N–H and O–H groups in total. The van der Waals surface area contributed by atoms with Crippen LogP contribution in [0.5, 0.6) is 11.5 Å². The highest BCUT2D eigenvalue weighted by Gasteiger charge is 2.74. The number of rotatable bonds is 16. The molecule has 0 heterocycles. The van der Waals surface area contributed by atoms with E-state index in [2.05, 4.69) is 6.58 Å². The molecule has 2 aliphatic rings. The van der Waals surface area contributed by atoms with Gasteiger partial charge in [-0.3, -0.25) is 14.4 Å². The number of allylic oxidation sites excluding steroid dienone is 8. The van der Waals surface area contributed by atoms with Crippen LogP contribution in [0.3, 0.4) is 0 Å². The smallest absolute Gasteiger partial charge is 0.343 e. The van der Waals surface area contributed by atoms with E-state index in [0.717, 1.165) is 40.5 Å². The number of carbonyl (C=O) groups excluding carboxylic acids is 4. The zero-order chi connectivity index (χ0) is 43.5. The Hall–Kier alpha value is -4.69. The van der Waals surface area contributed by atoms with Crippen LogP contribution in [0.25, 0.3) is 5.76 Å². The number of hydrogen-bond donors (Lipinski definition) is 7. The summed E-state index contributed by atoms with van der Waals surface area (Å²) in [6.45, 7) is 21.2. The average molecular weight is 795 g/mol. The summed E-state index contributed by atoms with van der Waals surface area (Å²) < 4.78 is 4.95. The third kappa shape index (κ3) is 9.07. The third-order valence-electron chi connectivity index (χ3n) is 11.7. The van der Waals surface area contributed by atoms with Crippen LogP contribution in [-0.2, 0) is 24.0 Å². The van der Waals surface area contributed by atoms with Crippen LogP contribution in [0.4, 0.5) is 0 Å². The predicted octanol–water partition coefficient (Wildman–Crippen LogP) is 5.49. The van der Waals surface area contributed by atoms with Gasteiger partial charge in [-0.25, -0.2) is 9.59 Å². The highest BCUT2D eigenvalue weighted by molar-refractivity contribution is 6.41. The van der Waals surface area contributed by atoms with E-state index in [9.17, 15) is 40.2 Å². The van der Waals surface area contributed by atoms with E-state index in [0.29, 0.717) is 12.8 Å². The summed E-state index contributed by atoms with van der Waals surface area (Å²) in [5, 5.41) is 71.3. The van der Waals surface area contributed by atoms with Crippen molar-refractivity contribution < 1.29 is 64.5 Å². The fraction of sp³-hybridized carbons (Fsp3) is 0.523. The Bertz CT molecular complexity index is 1920. The number of benzene rings is 1. The molecule has 0 spiro atoms. The minimum atomic E-state index is -2.57. The number of phenolic OH excluding ortho intramolecular Hbond substituents is 1. The summed E-state index contributed by atoms with van der Waals surface area (Å²) in [7, 11) is 0. The summed E-state index contributed by atoms with van der Waals surface area (Å²) in [6.07, 6.45) is -3.17. The molecule has 3 rings (SSSR count). The lowest BCUT2D eigenvalue weighted by Gasteiger charge is -2.60. The molecule has 13 heteroatoms. The van der Waals surface area contributed by atoms with E-state index in [1.54, 1.807) is 6.08 Å². The number of aromatic hydroxyl groups is 1. The normalized spacial score (nSPS) is 24.9. The molecule has 0 unspecified atom stereocenters. The Morgan fingerprint density at radius 1 is 0.860 bits per heavy atom. The Labute approximate surface area is 333 Å².